The topological polar surface area (TPSA) is 156 Å². The Labute approximate surface area is 351 Å². The van der Waals surface area contributed by atoms with Crippen LogP contribution in [0.15, 0.2) is 42.7 Å². The van der Waals surface area contributed by atoms with Gasteiger partial charge in [-0.3, -0.25) is 9.69 Å². The third-order valence-corrected chi connectivity index (χ3v) is 13.1. The first kappa shape index (κ1) is 38.9. The molecule has 2 unspecified atom stereocenters. The lowest BCUT2D eigenvalue weighted by molar-refractivity contribution is -0.133. The highest BCUT2D eigenvalue weighted by molar-refractivity contribution is 5.94. The number of halogens is 4. The van der Waals surface area contributed by atoms with E-state index in [1.165, 1.54) is 36.3 Å². The number of aliphatic hydroxyl groups is 1. The molecular weight excluding hydrogens is 813 g/mol. The van der Waals surface area contributed by atoms with E-state index in [0.717, 1.165) is 37.5 Å². The monoisotopic (exact) mass is 854 g/mol. The van der Waals surface area contributed by atoms with Crippen molar-refractivity contribution in [3.63, 3.8) is 0 Å². The van der Waals surface area contributed by atoms with E-state index in [2.05, 4.69) is 29.9 Å². The van der Waals surface area contributed by atoms with Gasteiger partial charge in [0.15, 0.2) is 23.1 Å². The lowest BCUT2D eigenvalue weighted by Gasteiger charge is -2.47. The summed E-state index contributed by atoms with van der Waals surface area (Å²) in [5.74, 6) is -2.94. The second kappa shape index (κ2) is 14.6. The number of amides is 1. The van der Waals surface area contributed by atoms with Crippen molar-refractivity contribution in [3.8, 4) is 23.0 Å². The Bertz CT molecular complexity index is 2780. The summed E-state index contributed by atoms with van der Waals surface area (Å²) in [6, 6.07) is 4.97. The molecule has 62 heavy (non-hydrogen) atoms. The van der Waals surface area contributed by atoms with Crippen molar-refractivity contribution >= 4 is 39.7 Å². The van der Waals surface area contributed by atoms with Gasteiger partial charge in [0.1, 0.15) is 41.5 Å². The van der Waals surface area contributed by atoms with Gasteiger partial charge in [-0.2, -0.15) is 20.1 Å². The fourth-order valence-corrected chi connectivity index (χ4v) is 9.90. The van der Waals surface area contributed by atoms with Crippen LogP contribution in [0.5, 0.6) is 6.01 Å². The van der Waals surface area contributed by atoms with Gasteiger partial charge in [0, 0.05) is 76.5 Å². The summed E-state index contributed by atoms with van der Waals surface area (Å²) in [5, 5.41) is 16.2. The third-order valence-electron chi connectivity index (χ3n) is 13.1. The van der Waals surface area contributed by atoms with E-state index in [-0.39, 0.29) is 78.2 Å². The van der Waals surface area contributed by atoms with Crippen molar-refractivity contribution in [3.05, 3.63) is 71.8 Å². The average Bonchev–Trinajstić information content (AvgIpc) is 3.84. The second-order valence-corrected chi connectivity index (χ2v) is 17.0. The predicted molar refractivity (Wildman–Crippen MR) is 216 cm³/mol. The van der Waals surface area contributed by atoms with Crippen LogP contribution >= 0.6 is 0 Å². The average molecular weight is 855 g/mol. The van der Waals surface area contributed by atoms with Gasteiger partial charge in [-0.15, -0.1) is 0 Å². The molecule has 6 atom stereocenters. The number of carbonyl (C=O) groups excluding carboxylic acids is 1. The molecular formula is C42H42F4N12O4. The smallest absolute Gasteiger partial charge is 0.317 e. The van der Waals surface area contributed by atoms with Crippen LogP contribution in [-0.2, 0) is 16.1 Å². The number of aliphatic hydroxyl groups excluding tert-OH is 1. The molecule has 16 nitrogen and oxygen atoms in total. The number of ether oxygens (including phenoxy) is 2. The number of methoxy groups -OCH3 is 1. The summed E-state index contributed by atoms with van der Waals surface area (Å²) in [5.41, 5.74) is 0.700. The van der Waals surface area contributed by atoms with E-state index in [4.69, 9.17) is 19.4 Å². The fourth-order valence-electron chi connectivity index (χ4n) is 9.90. The van der Waals surface area contributed by atoms with E-state index >= 15 is 13.2 Å². The molecule has 1 saturated carbocycles. The molecule has 1 amide bonds. The van der Waals surface area contributed by atoms with Crippen molar-refractivity contribution in [1.82, 2.24) is 49.1 Å². The zero-order valence-corrected chi connectivity index (χ0v) is 34.0. The fraction of sp³-hybridized carbons (Fsp3) is 0.452. The van der Waals surface area contributed by atoms with Crippen LogP contribution in [0.4, 0.5) is 29.3 Å². The van der Waals surface area contributed by atoms with Crippen molar-refractivity contribution in [1.29, 1.82) is 0 Å². The van der Waals surface area contributed by atoms with Crippen LogP contribution in [0.2, 0.25) is 0 Å². The number of likely N-dealkylation sites (N-methyl/N-ethyl adjacent to an activating group) is 1. The first-order chi connectivity index (χ1) is 29.9. The highest BCUT2D eigenvalue weighted by Crippen LogP contribution is 2.43. The number of carbonyl (C=O) groups is 1. The Morgan fingerprint density at radius 2 is 1.74 bits per heavy atom. The largest absolute Gasteiger partial charge is 0.458 e. The molecule has 4 aromatic heterocycles. The Morgan fingerprint density at radius 3 is 2.53 bits per heavy atom. The highest BCUT2D eigenvalue weighted by atomic mass is 19.2. The number of nitrogens with zero attached hydrogens (tertiary/aromatic N) is 12. The molecule has 4 saturated heterocycles. The quantitative estimate of drug-likeness (QED) is 0.248. The Morgan fingerprint density at radius 1 is 0.903 bits per heavy atom. The summed E-state index contributed by atoms with van der Waals surface area (Å²) in [7, 11) is 3.19. The predicted octanol–water partition coefficient (Wildman–Crippen LogP) is 4.13. The lowest BCUT2D eigenvalue weighted by Crippen LogP contribution is -2.58. The number of benzene rings is 2. The van der Waals surface area contributed by atoms with Crippen LogP contribution < -0.4 is 14.5 Å². The molecule has 322 valence electrons. The number of fused-ring (bicyclic) bond motifs is 9. The van der Waals surface area contributed by atoms with Crippen LogP contribution in [0.25, 0.3) is 39.0 Å². The minimum absolute atomic E-state index is 0.0158. The SMILES string of the molecule is CO[C@H]1CN(C)C(=O)[C@@H]2C[C@@H](CN2c2nc(N3C4C[C@@H]3CC(O)N(C3CC3)C4)nc3c2cnn3-c2ccc(F)cc2F)Oc2nccc(n2)-c2c(F)c(F)cc3nc(C)n(c23)C1. The van der Waals surface area contributed by atoms with Crippen molar-refractivity contribution < 1.29 is 36.9 Å². The zero-order chi connectivity index (χ0) is 42.7. The maximum absolute atomic E-state index is 16.0. The molecule has 1 N–H and O–H groups in total. The maximum Gasteiger partial charge on any atom is 0.317 e. The van der Waals surface area contributed by atoms with Gasteiger partial charge in [-0.25, -0.2) is 32.2 Å². The highest BCUT2D eigenvalue weighted by Gasteiger charge is 2.50. The molecule has 9 heterocycles. The number of imidazole rings is 1. The summed E-state index contributed by atoms with van der Waals surface area (Å²) in [6.07, 6.45) is 4.45. The van der Waals surface area contributed by atoms with Crippen LogP contribution in [0.3, 0.4) is 0 Å². The van der Waals surface area contributed by atoms with Gasteiger partial charge in [-0.1, -0.05) is 0 Å². The second-order valence-electron chi connectivity index (χ2n) is 17.0. The first-order valence-corrected chi connectivity index (χ1v) is 20.8. The lowest BCUT2D eigenvalue weighted by atomic mass is 9.92. The van der Waals surface area contributed by atoms with Gasteiger partial charge in [0.05, 0.1) is 53.1 Å². The number of anilines is 2. The van der Waals surface area contributed by atoms with E-state index in [1.54, 1.807) is 23.4 Å². The van der Waals surface area contributed by atoms with Gasteiger partial charge < -0.3 is 33.8 Å². The Balaban J connectivity index is 1.04. The molecule has 12 rings (SSSR count). The summed E-state index contributed by atoms with van der Waals surface area (Å²) in [6.45, 7) is 2.69. The van der Waals surface area contributed by atoms with Gasteiger partial charge in [0.2, 0.25) is 11.9 Å². The van der Waals surface area contributed by atoms with E-state index < -0.39 is 47.7 Å². The molecule has 20 heteroatoms. The molecule has 5 aliphatic heterocycles. The van der Waals surface area contributed by atoms with Crippen LogP contribution in [-0.4, -0.2) is 136 Å². The number of rotatable bonds is 5. The Hall–Kier alpha value is -5.99. The van der Waals surface area contributed by atoms with Crippen molar-refractivity contribution in [2.45, 2.75) is 88.2 Å². The summed E-state index contributed by atoms with van der Waals surface area (Å²) in [4.78, 5) is 46.1. The number of hydrogen-bond acceptors (Lipinski definition) is 13. The van der Waals surface area contributed by atoms with E-state index in [0.29, 0.717) is 47.5 Å². The molecule has 2 aromatic carbocycles. The molecule has 0 radical (unpaired) electrons. The van der Waals surface area contributed by atoms with Crippen molar-refractivity contribution in [2.75, 3.05) is 43.6 Å². The number of hydrogen-bond donors (Lipinski definition) is 1. The molecule has 1 aliphatic carbocycles. The van der Waals surface area contributed by atoms with Crippen LogP contribution in [0, 0.1) is 30.2 Å². The zero-order valence-electron chi connectivity index (χ0n) is 34.0. The normalized spacial score (nSPS) is 25.5. The first-order valence-electron chi connectivity index (χ1n) is 20.8. The molecule has 6 bridgehead atoms. The molecule has 5 fully saturated rings. The molecule has 0 spiro atoms. The maximum atomic E-state index is 16.0. The van der Waals surface area contributed by atoms with Crippen molar-refractivity contribution in [2.24, 2.45) is 0 Å². The Kier molecular flexibility index (Phi) is 9.13. The van der Waals surface area contributed by atoms with E-state index in [1.807, 2.05) is 4.90 Å². The van der Waals surface area contributed by atoms with Gasteiger partial charge in [0.25, 0.3) is 0 Å². The van der Waals surface area contributed by atoms with Gasteiger partial charge in [-0.05, 0) is 44.4 Å². The van der Waals surface area contributed by atoms with Gasteiger partial charge >= 0.3 is 6.01 Å². The molecule has 6 aliphatic rings. The minimum Gasteiger partial charge on any atom is -0.458 e. The summed E-state index contributed by atoms with van der Waals surface area (Å²) < 4.78 is 76.2. The standard InChI is InChI=1S/C42H42F4N12O4/c1-20-49-31-14-29(45)36(46)35-30-8-9-47-42(50-30)62-25-13-33(40(60)53(2)17-26(61-3)19-54(20)37(31)35)56(18-25)38-27-15-48-58(32-7-4-21(43)10-28(32)44)39(27)52-41(51-38)57-23-11-24(57)16-55(22-5-6-22)34(59)12-23/h4,7-10,14-15,22-26,33-34,59H,5-6,11-13,16-19H2,1-3H3/t23-,24?,25+,26+,33+,34?/m1/s1. The number of aromatic nitrogens is 8. The number of aryl methyl sites for hydroxylation is 1. The van der Waals surface area contributed by atoms with Crippen LogP contribution in [0.1, 0.15) is 37.9 Å². The minimum atomic E-state index is -1.11. The van der Waals surface area contributed by atoms with E-state index in [9.17, 15) is 14.3 Å². The third kappa shape index (κ3) is 6.32. The summed E-state index contributed by atoms with van der Waals surface area (Å²) >= 11 is 0. The molecule has 6 aromatic rings.